The average Bonchev–Trinajstić information content (AvgIpc) is 3.18. The quantitative estimate of drug-likeness (QED) is 0.368. The Morgan fingerprint density at radius 1 is 0.969 bits per heavy atom. The van der Waals surface area contributed by atoms with E-state index in [0.29, 0.717) is 12.5 Å². The molecular formula is C28H29N3O. The van der Waals surface area contributed by atoms with E-state index in [1.807, 2.05) is 42.5 Å². The highest BCUT2D eigenvalue weighted by Gasteiger charge is 2.11. The van der Waals surface area contributed by atoms with Gasteiger partial charge in [0.05, 0.1) is 17.6 Å². The molecule has 4 aromatic rings. The van der Waals surface area contributed by atoms with E-state index in [1.54, 1.807) is 6.08 Å². The first-order valence-electron chi connectivity index (χ1n) is 11.1. The molecule has 4 nitrogen and oxygen atoms in total. The summed E-state index contributed by atoms with van der Waals surface area (Å²) in [6.07, 6.45) is 4.34. The van der Waals surface area contributed by atoms with Gasteiger partial charge >= 0.3 is 0 Å². The van der Waals surface area contributed by atoms with Crippen molar-refractivity contribution in [2.45, 2.75) is 39.3 Å². The second-order valence-electron chi connectivity index (χ2n) is 8.28. The van der Waals surface area contributed by atoms with Crippen molar-refractivity contribution in [3.63, 3.8) is 0 Å². The van der Waals surface area contributed by atoms with Gasteiger partial charge in [-0.15, -0.1) is 0 Å². The Bertz CT molecular complexity index is 1200. The lowest BCUT2D eigenvalue weighted by Gasteiger charge is -2.10. The lowest BCUT2D eigenvalue weighted by Crippen LogP contribution is -2.23. The van der Waals surface area contributed by atoms with Crippen LogP contribution in [0.1, 0.15) is 42.3 Å². The number of aromatic nitrogens is 2. The Balaban J connectivity index is 1.43. The molecule has 0 aliphatic carbocycles. The van der Waals surface area contributed by atoms with Crippen LogP contribution in [0.3, 0.4) is 0 Å². The summed E-state index contributed by atoms with van der Waals surface area (Å²) in [6, 6.07) is 26.8. The van der Waals surface area contributed by atoms with Crippen molar-refractivity contribution < 1.29 is 4.79 Å². The van der Waals surface area contributed by atoms with Gasteiger partial charge in [-0.2, -0.15) is 0 Å². The number of amides is 1. The van der Waals surface area contributed by atoms with Crippen LogP contribution in [0.2, 0.25) is 0 Å². The molecule has 162 valence electrons. The Morgan fingerprint density at radius 3 is 2.44 bits per heavy atom. The summed E-state index contributed by atoms with van der Waals surface area (Å²) in [5, 5.41) is 2.99. The van der Waals surface area contributed by atoms with Gasteiger partial charge in [0.25, 0.3) is 0 Å². The predicted molar refractivity (Wildman–Crippen MR) is 131 cm³/mol. The fourth-order valence-corrected chi connectivity index (χ4v) is 3.78. The monoisotopic (exact) mass is 423 g/mol. The Kier molecular flexibility index (Phi) is 6.81. The fourth-order valence-electron chi connectivity index (χ4n) is 3.78. The maximum absolute atomic E-state index is 12.4. The van der Waals surface area contributed by atoms with Crippen LogP contribution in [-0.4, -0.2) is 15.5 Å². The molecule has 0 unspecified atom stereocenters. The highest BCUT2D eigenvalue weighted by molar-refractivity contribution is 5.91. The van der Waals surface area contributed by atoms with E-state index in [9.17, 15) is 4.79 Å². The molecule has 1 heterocycles. The largest absolute Gasteiger partial charge is 0.345 e. The highest BCUT2D eigenvalue weighted by Crippen LogP contribution is 2.18. The smallest absolute Gasteiger partial charge is 0.244 e. The summed E-state index contributed by atoms with van der Waals surface area (Å²) in [5.74, 6) is 1.24. The number of imidazole rings is 1. The standard InChI is InChI=1S/C28H29N3O/c1-21(2)24-15-12-23(13-16-24)14-17-28(32)29-20-27-30-25-10-6-7-11-26(25)31(27)19-18-22-8-4-3-5-9-22/h3-17,21H,18-20H2,1-2H3,(H,29,32)/b17-14+. The van der Waals surface area contributed by atoms with Crippen LogP contribution in [-0.2, 0) is 24.3 Å². The van der Waals surface area contributed by atoms with E-state index >= 15 is 0 Å². The van der Waals surface area contributed by atoms with Crippen LogP contribution < -0.4 is 5.32 Å². The lowest BCUT2D eigenvalue weighted by atomic mass is 10.0. The molecule has 0 fully saturated rings. The van der Waals surface area contributed by atoms with Gasteiger partial charge in [-0.3, -0.25) is 4.79 Å². The number of carbonyl (C=O) groups is 1. The molecule has 32 heavy (non-hydrogen) atoms. The Hall–Kier alpha value is -3.66. The molecule has 0 bridgehead atoms. The lowest BCUT2D eigenvalue weighted by molar-refractivity contribution is -0.116. The summed E-state index contributed by atoms with van der Waals surface area (Å²) < 4.78 is 2.21. The molecule has 1 amide bonds. The molecule has 1 N–H and O–H groups in total. The van der Waals surface area contributed by atoms with Gasteiger partial charge in [0, 0.05) is 12.6 Å². The second-order valence-corrected chi connectivity index (χ2v) is 8.28. The normalized spacial score (nSPS) is 11.5. The van der Waals surface area contributed by atoms with Crippen LogP contribution in [0.4, 0.5) is 0 Å². The maximum atomic E-state index is 12.4. The van der Waals surface area contributed by atoms with Crippen molar-refractivity contribution in [1.29, 1.82) is 0 Å². The molecular weight excluding hydrogens is 394 g/mol. The van der Waals surface area contributed by atoms with Gasteiger partial charge in [0.15, 0.2) is 0 Å². The van der Waals surface area contributed by atoms with Crippen molar-refractivity contribution in [2.75, 3.05) is 0 Å². The van der Waals surface area contributed by atoms with Gasteiger partial charge < -0.3 is 9.88 Å². The van der Waals surface area contributed by atoms with Crippen molar-refractivity contribution in [1.82, 2.24) is 14.9 Å². The number of nitrogens with zero attached hydrogens (tertiary/aromatic N) is 2. The Morgan fingerprint density at radius 2 is 1.69 bits per heavy atom. The first-order valence-corrected chi connectivity index (χ1v) is 11.1. The molecule has 0 aliphatic heterocycles. The predicted octanol–water partition coefficient (Wildman–Crippen LogP) is 5.73. The van der Waals surface area contributed by atoms with Crippen LogP contribution in [0.15, 0.2) is 84.9 Å². The summed E-state index contributed by atoms with van der Waals surface area (Å²) >= 11 is 0. The number of hydrogen-bond donors (Lipinski definition) is 1. The van der Waals surface area contributed by atoms with Crippen molar-refractivity contribution in [2.24, 2.45) is 0 Å². The van der Waals surface area contributed by atoms with E-state index in [1.165, 1.54) is 11.1 Å². The maximum Gasteiger partial charge on any atom is 0.244 e. The van der Waals surface area contributed by atoms with Crippen LogP contribution in [0, 0.1) is 0 Å². The first-order chi connectivity index (χ1) is 15.6. The zero-order chi connectivity index (χ0) is 22.3. The second kappa shape index (κ2) is 10.1. The highest BCUT2D eigenvalue weighted by atomic mass is 16.1. The van der Waals surface area contributed by atoms with Crippen LogP contribution in [0.25, 0.3) is 17.1 Å². The minimum atomic E-state index is -0.125. The first kappa shape index (κ1) is 21.6. The molecule has 0 atom stereocenters. The number of para-hydroxylation sites is 2. The van der Waals surface area contributed by atoms with Crippen molar-refractivity contribution in [3.8, 4) is 0 Å². The van der Waals surface area contributed by atoms with Gasteiger partial charge in [-0.1, -0.05) is 80.6 Å². The van der Waals surface area contributed by atoms with E-state index in [4.69, 9.17) is 4.98 Å². The fraction of sp³-hybridized carbons (Fsp3) is 0.214. The van der Waals surface area contributed by atoms with E-state index in [2.05, 4.69) is 66.2 Å². The third kappa shape index (κ3) is 5.33. The SMILES string of the molecule is CC(C)c1ccc(/C=C/C(=O)NCc2nc3ccccc3n2CCc2ccccc2)cc1. The zero-order valence-corrected chi connectivity index (χ0v) is 18.7. The van der Waals surface area contributed by atoms with E-state index in [0.717, 1.165) is 35.4 Å². The minimum absolute atomic E-state index is 0.125. The van der Waals surface area contributed by atoms with Crippen molar-refractivity contribution in [3.05, 3.63) is 107 Å². The zero-order valence-electron chi connectivity index (χ0n) is 18.7. The summed E-state index contributed by atoms with van der Waals surface area (Å²) in [6.45, 7) is 5.55. The molecule has 0 radical (unpaired) electrons. The topological polar surface area (TPSA) is 46.9 Å². The third-order valence-corrected chi connectivity index (χ3v) is 5.65. The van der Waals surface area contributed by atoms with Gasteiger partial charge in [0.1, 0.15) is 5.82 Å². The summed E-state index contributed by atoms with van der Waals surface area (Å²) in [7, 11) is 0. The molecule has 0 aliphatic rings. The summed E-state index contributed by atoms with van der Waals surface area (Å²) in [4.78, 5) is 17.2. The van der Waals surface area contributed by atoms with Crippen LogP contribution in [0.5, 0.6) is 0 Å². The Labute approximate surface area is 189 Å². The average molecular weight is 424 g/mol. The molecule has 1 aromatic heterocycles. The van der Waals surface area contributed by atoms with E-state index in [-0.39, 0.29) is 5.91 Å². The number of rotatable bonds is 8. The molecule has 0 saturated carbocycles. The number of nitrogens with one attached hydrogen (secondary N) is 1. The van der Waals surface area contributed by atoms with Crippen LogP contribution >= 0.6 is 0 Å². The minimum Gasteiger partial charge on any atom is -0.345 e. The number of carbonyl (C=O) groups excluding carboxylic acids is 1. The van der Waals surface area contributed by atoms with E-state index < -0.39 is 0 Å². The number of aryl methyl sites for hydroxylation is 2. The molecule has 0 saturated heterocycles. The number of fused-ring (bicyclic) bond motifs is 1. The third-order valence-electron chi connectivity index (χ3n) is 5.65. The molecule has 4 heteroatoms. The van der Waals surface area contributed by atoms with Gasteiger partial charge in [0.2, 0.25) is 5.91 Å². The molecule has 0 spiro atoms. The number of benzene rings is 3. The number of hydrogen-bond acceptors (Lipinski definition) is 2. The van der Waals surface area contributed by atoms with Gasteiger partial charge in [-0.05, 0) is 47.2 Å². The molecule has 3 aromatic carbocycles. The van der Waals surface area contributed by atoms with Gasteiger partial charge in [-0.25, -0.2) is 4.98 Å². The molecule has 4 rings (SSSR count). The summed E-state index contributed by atoms with van der Waals surface area (Å²) in [5.41, 5.74) is 5.63. The van der Waals surface area contributed by atoms with Crippen molar-refractivity contribution >= 4 is 23.0 Å².